The van der Waals surface area contributed by atoms with E-state index in [-0.39, 0.29) is 0 Å². The molecule has 0 amide bonds. The van der Waals surface area contributed by atoms with E-state index in [1.54, 1.807) is 0 Å². The lowest BCUT2D eigenvalue weighted by Crippen LogP contribution is -2.25. The molecule has 4 aromatic rings. The minimum atomic E-state index is 0.601. The first-order valence-corrected chi connectivity index (χ1v) is 11.8. The molecule has 0 saturated carbocycles. The van der Waals surface area contributed by atoms with Gasteiger partial charge in [0.2, 0.25) is 5.89 Å². The Morgan fingerprint density at radius 3 is 2.30 bits per heavy atom. The lowest BCUT2D eigenvalue weighted by atomic mass is 10.2. The molecule has 5 nitrogen and oxygen atoms in total. The number of aromatic nitrogens is 1. The lowest BCUT2D eigenvalue weighted by Gasteiger charge is -2.19. The smallest absolute Gasteiger partial charge is 0.227 e. The third-order valence-corrected chi connectivity index (χ3v) is 6.11. The number of benzene rings is 3. The van der Waals surface area contributed by atoms with E-state index in [2.05, 4.69) is 23.6 Å². The highest BCUT2D eigenvalue weighted by Crippen LogP contribution is 2.31. The Kier molecular flexibility index (Phi) is 7.53. The van der Waals surface area contributed by atoms with Crippen molar-refractivity contribution in [3.05, 3.63) is 71.8 Å². The van der Waals surface area contributed by atoms with Crippen molar-refractivity contribution >= 4 is 34.1 Å². The third-order valence-electron chi connectivity index (χ3n) is 5.86. The quantitative estimate of drug-likeness (QED) is 0.236. The van der Waals surface area contributed by atoms with Crippen LogP contribution in [0.3, 0.4) is 0 Å². The second-order valence-electron chi connectivity index (χ2n) is 7.96. The van der Waals surface area contributed by atoms with Crippen molar-refractivity contribution in [1.29, 1.82) is 0 Å². The van der Waals surface area contributed by atoms with Gasteiger partial charge in [-0.05, 0) is 86.2 Å². The normalized spacial score (nSPS) is 11.3. The minimum Gasteiger partial charge on any atom is -0.494 e. The molecular formula is C27H30ClN3O2. The van der Waals surface area contributed by atoms with Gasteiger partial charge < -0.3 is 19.0 Å². The van der Waals surface area contributed by atoms with Gasteiger partial charge >= 0.3 is 0 Å². The van der Waals surface area contributed by atoms with Crippen LogP contribution < -0.4 is 9.64 Å². The number of oxazole rings is 1. The summed E-state index contributed by atoms with van der Waals surface area (Å²) in [7, 11) is 2.02. The average Bonchev–Trinajstić information content (AvgIpc) is 3.28. The Morgan fingerprint density at radius 2 is 1.61 bits per heavy atom. The fourth-order valence-corrected chi connectivity index (χ4v) is 3.90. The first-order chi connectivity index (χ1) is 16.1. The molecule has 33 heavy (non-hydrogen) atoms. The third kappa shape index (κ3) is 5.67. The van der Waals surface area contributed by atoms with Gasteiger partial charge in [-0.1, -0.05) is 25.4 Å². The van der Waals surface area contributed by atoms with E-state index >= 15 is 0 Å². The predicted molar refractivity (Wildman–Crippen MR) is 137 cm³/mol. The van der Waals surface area contributed by atoms with Gasteiger partial charge in [-0.2, -0.15) is 0 Å². The van der Waals surface area contributed by atoms with Gasteiger partial charge in [0.05, 0.1) is 6.61 Å². The second-order valence-corrected chi connectivity index (χ2v) is 8.40. The number of ether oxygens (including phenoxy) is 1. The van der Waals surface area contributed by atoms with Crippen LogP contribution in [0.5, 0.6) is 5.75 Å². The molecule has 1 heterocycles. The molecule has 0 aliphatic carbocycles. The fourth-order valence-electron chi connectivity index (χ4n) is 3.77. The van der Waals surface area contributed by atoms with Gasteiger partial charge in [-0.15, -0.1) is 0 Å². The van der Waals surface area contributed by atoms with Crippen LogP contribution in [0.1, 0.15) is 20.3 Å². The molecular weight excluding hydrogens is 434 g/mol. The summed E-state index contributed by atoms with van der Waals surface area (Å²) in [4.78, 5) is 9.21. The fraction of sp³-hybridized carbons (Fsp3) is 0.296. The van der Waals surface area contributed by atoms with Crippen molar-refractivity contribution < 1.29 is 9.15 Å². The summed E-state index contributed by atoms with van der Waals surface area (Å²) < 4.78 is 11.9. The summed E-state index contributed by atoms with van der Waals surface area (Å²) in [6.07, 6.45) is 1.02. The average molecular weight is 464 g/mol. The van der Waals surface area contributed by atoms with Gasteiger partial charge in [0, 0.05) is 35.6 Å². The van der Waals surface area contributed by atoms with E-state index in [0.717, 1.165) is 64.9 Å². The maximum absolute atomic E-state index is 6.01. The minimum absolute atomic E-state index is 0.601. The Balaban J connectivity index is 1.42. The van der Waals surface area contributed by atoms with Crippen LogP contribution in [-0.2, 0) is 0 Å². The zero-order valence-electron chi connectivity index (χ0n) is 19.4. The van der Waals surface area contributed by atoms with Crippen LogP contribution in [0.25, 0.3) is 22.6 Å². The first kappa shape index (κ1) is 23.1. The molecule has 0 aliphatic heterocycles. The molecule has 0 saturated heterocycles. The molecule has 0 atom stereocenters. The molecule has 1 aromatic heterocycles. The van der Waals surface area contributed by atoms with Gasteiger partial charge in [0.1, 0.15) is 11.3 Å². The number of anilines is 2. The number of hydrogen-bond donors (Lipinski definition) is 0. The largest absolute Gasteiger partial charge is 0.494 e. The maximum atomic E-state index is 6.01. The molecule has 172 valence electrons. The highest BCUT2D eigenvalue weighted by Gasteiger charge is 2.11. The van der Waals surface area contributed by atoms with Gasteiger partial charge in [-0.25, -0.2) is 4.98 Å². The van der Waals surface area contributed by atoms with E-state index in [9.17, 15) is 0 Å². The Hall–Kier alpha value is -3.02. The number of fused-ring (bicyclic) bond motifs is 1. The van der Waals surface area contributed by atoms with Crippen molar-refractivity contribution in [1.82, 2.24) is 9.88 Å². The molecule has 0 radical (unpaired) electrons. The monoisotopic (exact) mass is 463 g/mol. The first-order valence-electron chi connectivity index (χ1n) is 11.4. The van der Waals surface area contributed by atoms with Crippen LogP contribution in [0.4, 0.5) is 11.4 Å². The van der Waals surface area contributed by atoms with Gasteiger partial charge in [0.25, 0.3) is 0 Å². The van der Waals surface area contributed by atoms with Gasteiger partial charge in [0.15, 0.2) is 5.58 Å². The summed E-state index contributed by atoms with van der Waals surface area (Å²) in [6.45, 7) is 8.30. The Labute approximate surface area is 200 Å². The zero-order valence-corrected chi connectivity index (χ0v) is 20.2. The lowest BCUT2D eigenvalue weighted by molar-refractivity contribution is 0.249. The van der Waals surface area contributed by atoms with Crippen molar-refractivity contribution in [3.8, 4) is 17.2 Å². The maximum Gasteiger partial charge on any atom is 0.227 e. The molecule has 6 heteroatoms. The molecule has 0 aliphatic rings. The topological polar surface area (TPSA) is 41.7 Å². The SMILES string of the molecule is CCN(CC)CCCOc1ccc(-c2nc3cc(N(C)c4ccc(Cl)cc4)ccc3o2)cc1. The van der Waals surface area contributed by atoms with Crippen LogP contribution in [0.2, 0.25) is 5.02 Å². The van der Waals surface area contributed by atoms with E-state index in [1.807, 2.05) is 73.8 Å². The molecule has 0 spiro atoms. The second kappa shape index (κ2) is 10.7. The molecule has 4 rings (SSSR count). The molecule has 0 N–H and O–H groups in total. The van der Waals surface area contributed by atoms with E-state index in [1.165, 1.54) is 0 Å². The summed E-state index contributed by atoms with van der Waals surface area (Å²) in [5.41, 5.74) is 4.58. The molecule has 0 unspecified atom stereocenters. The molecule has 0 bridgehead atoms. The number of halogens is 1. The van der Waals surface area contributed by atoms with E-state index in [0.29, 0.717) is 12.5 Å². The van der Waals surface area contributed by atoms with Crippen molar-refractivity contribution in [3.63, 3.8) is 0 Å². The predicted octanol–water partition coefficient (Wildman–Crippen LogP) is 7.03. The van der Waals surface area contributed by atoms with E-state index < -0.39 is 0 Å². The van der Waals surface area contributed by atoms with Crippen LogP contribution in [-0.4, -0.2) is 43.2 Å². The summed E-state index contributed by atoms with van der Waals surface area (Å²) >= 11 is 6.01. The van der Waals surface area contributed by atoms with Crippen molar-refractivity contribution in [2.24, 2.45) is 0 Å². The van der Waals surface area contributed by atoms with E-state index in [4.69, 9.17) is 25.7 Å². The van der Waals surface area contributed by atoms with Gasteiger partial charge in [-0.3, -0.25) is 0 Å². The summed E-state index contributed by atoms with van der Waals surface area (Å²) in [6, 6.07) is 21.7. The summed E-state index contributed by atoms with van der Waals surface area (Å²) in [5.74, 6) is 1.46. The van der Waals surface area contributed by atoms with Crippen LogP contribution in [0, 0.1) is 0 Å². The highest BCUT2D eigenvalue weighted by molar-refractivity contribution is 6.30. The summed E-state index contributed by atoms with van der Waals surface area (Å²) in [5, 5.41) is 0.722. The highest BCUT2D eigenvalue weighted by atomic mass is 35.5. The standard InChI is InChI=1S/C27H30ClN3O2/c1-4-31(5-2)17-6-18-32-24-14-7-20(8-15-24)27-29-25-19-23(13-16-26(25)33-27)30(3)22-11-9-21(28)10-12-22/h7-16,19H,4-6,17-18H2,1-3H3. The molecule has 3 aromatic carbocycles. The van der Waals surface area contributed by atoms with Crippen LogP contribution >= 0.6 is 11.6 Å². The van der Waals surface area contributed by atoms with Crippen molar-refractivity contribution in [2.45, 2.75) is 20.3 Å². The zero-order chi connectivity index (χ0) is 23.2. The van der Waals surface area contributed by atoms with Crippen molar-refractivity contribution in [2.75, 3.05) is 38.2 Å². The molecule has 0 fully saturated rings. The Bertz CT molecular complexity index is 1170. The van der Waals surface area contributed by atoms with Crippen LogP contribution in [0.15, 0.2) is 71.1 Å². The Morgan fingerprint density at radius 1 is 0.909 bits per heavy atom. The number of rotatable bonds is 10. The number of nitrogens with zero attached hydrogens (tertiary/aromatic N) is 3. The number of hydrogen-bond acceptors (Lipinski definition) is 5.